The van der Waals surface area contributed by atoms with Crippen molar-refractivity contribution in [2.24, 2.45) is 0 Å². The zero-order chi connectivity index (χ0) is 21.1. The van der Waals surface area contributed by atoms with Gasteiger partial charge in [-0.1, -0.05) is 46.3 Å². The van der Waals surface area contributed by atoms with Gasteiger partial charge in [0.15, 0.2) is 5.78 Å². The maximum atomic E-state index is 13.1. The normalized spacial score (nSPS) is 11.6. The zero-order valence-electron chi connectivity index (χ0n) is 16.2. The summed E-state index contributed by atoms with van der Waals surface area (Å²) >= 11 is 3.38. The van der Waals surface area contributed by atoms with Gasteiger partial charge in [0.25, 0.3) is 0 Å². The quantitative estimate of drug-likeness (QED) is 0.337. The minimum Gasteiger partial charge on any atom is -0.497 e. The molecule has 0 aliphatic carbocycles. The number of ketones is 1. The van der Waals surface area contributed by atoms with Gasteiger partial charge in [-0.2, -0.15) is 0 Å². The summed E-state index contributed by atoms with van der Waals surface area (Å²) in [5, 5.41) is 11.2. The number of benzene rings is 3. The highest BCUT2D eigenvalue weighted by Crippen LogP contribution is 2.24. The molecule has 0 saturated heterocycles. The summed E-state index contributed by atoms with van der Waals surface area (Å²) < 4.78 is 7.79. The van der Waals surface area contributed by atoms with Crippen LogP contribution in [-0.2, 0) is 0 Å². The smallest absolute Gasteiger partial charge is 0.195 e. The van der Waals surface area contributed by atoms with Crippen molar-refractivity contribution in [2.45, 2.75) is 6.10 Å². The van der Waals surface area contributed by atoms with Gasteiger partial charge in [0.2, 0.25) is 0 Å². The van der Waals surface area contributed by atoms with E-state index >= 15 is 0 Å². The molecule has 1 unspecified atom stereocenters. The molecule has 3 aromatic carbocycles. The minimum absolute atomic E-state index is 0.0946. The summed E-state index contributed by atoms with van der Waals surface area (Å²) in [7, 11) is 1.59. The molecule has 30 heavy (non-hydrogen) atoms. The molecule has 4 aromatic rings. The first kappa shape index (κ1) is 20.0. The summed E-state index contributed by atoms with van der Waals surface area (Å²) in [5.41, 5.74) is 2.64. The highest BCUT2D eigenvalue weighted by atomic mass is 79.9. The van der Waals surface area contributed by atoms with Gasteiger partial charge in [0, 0.05) is 33.2 Å². The van der Waals surface area contributed by atoms with E-state index in [2.05, 4.69) is 27.9 Å². The Balaban J connectivity index is 1.70. The van der Waals surface area contributed by atoms with E-state index in [1.807, 2.05) is 48.5 Å². The second-order valence-corrected chi connectivity index (χ2v) is 7.61. The number of para-hydroxylation sites is 1. The van der Waals surface area contributed by atoms with E-state index in [9.17, 15) is 9.90 Å². The lowest BCUT2D eigenvalue weighted by atomic mass is 10.0. The average Bonchev–Trinajstić information content (AvgIpc) is 3.16. The zero-order valence-corrected chi connectivity index (χ0v) is 17.8. The third kappa shape index (κ3) is 4.02. The molecular formula is C25H18BrNO3. The molecule has 5 heteroatoms. The Kier molecular flexibility index (Phi) is 5.71. The number of hydrogen-bond donors (Lipinski definition) is 1. The Morgan fingerprint density at radius 1 is 1.03 bits per heavy atom. The Labute approximate surface area is 182 Å². The van der Waals surface area contributed by atoms with Gasteiger partial charge < -0.3 is 9.84 Å². The fraction of sp³-hybridized carbons (Fsp3) is 0.0800. The van der Waals surface area contributed by atoms with Gasteiger partial charge in [0.05, 0.1) is 12.6 Å². The monoisotopic (exact) mass is 459 g/mol. The topological polar surface area (TPSA) is 51.5 Å². The molecule has 0 amide bonds. The largest absolute Gasteiger partial charge is 0.497 e. The van der Waals surface area contributed by atoms with Crippen molar-refractivity contribution >= 4 is 32.6 Å². The van der Waals surface area contributed by atoms with Gasteiger partial charge in [-0.25, -0.2) is 0 Å². The summed E-state index contributed by atoms with van der Waals surface area (Å²) in [4.78, 5) is 13.1. The number of hydrogen-bond acceptors (Lipinski definition) is 3. The van der Waals surface area contributed by atoms with E-state index in [1.165, 1.54) is 0 Å². The number of carbonyl (C=O) groups is 1. The molecule has 1 aromatic heterocycles. The predicted molar refractivity (Wildman–Crippen MR) is 121 cm³/mol. The van der Waals surface area contributed by atoms with Crippen LogP contribution in [0.25, 0.3) is 10.9 Å². The van der Waals surface area contributed by atoms with Crippen LogP contribution in [0, 0.1) is 12.0 Å². The first-order valence-corrected chi connectivity index (χ1v) is 10.1. The van der Waals surface area contributed by atoms with Crippen molar-refractivity contribution in [1.29, 1.82) is 0 Å². The van der Waals surface area contributed by atoms with E-state index in [1.54, 1.807) is 42.1 Å². The van der Waals surface area contributed by atoms with Crippen LogP contribution in [-0.4, -0.2) is 22.6 Å². The fourth-order valence-corrected chi connectivity index (χ4v) is 3.47. The standard InChI is InChI=1S/C25H18BrNO3/c1-30-20-12-8-18(9-13-20)25(29)22-16-27(23-5-3-2-4-21(22)23)15-14-24(28)17-6-10-19(26)11-7-17/h2-13,16,24,28H,1H3. The number of ether oxygens (including phenoxy) is 1. The molecule has 0 fully saturated rings. The molecule has 0 aliphatic rings. The van der Waals surface area contributed by atoms with Crippen LogP contribution in [0.2, 0.25) is 0 Å². The Bertz CT molecular complexity index is 1260. The third-order valence-corrected chi connectivity index (χ3v) is 5.34. The Morgan fingerprint density at radius 3 is 2.43 bits per heavy atom. The summed E-state index contributed by atoms with van der Waals surface area (Å²) in [6.45, 7) is 0. The number of fused-ring (bicyclic) bond motifs is 1. The summed E-state index contributed by atoms with van der Waals surface area (Å²) in [6, 6.07) is 24.9. The number of aromatic nitrogens is 1. The van der Waals surface area contributed by atoms with Crippen molar-refractivity contribution < 1.29 is 14.6 Å². The summed E-state index contributed by atoms with van der Waals surface area (Å²) in [5.74, 6) is 3.46. The SMILES string of the molecule is COc1ccc(C(=O)c2cn(C#CC(O)c3ccc(Br)cc3)c3ccccc23)cc1. The predicted octanol–water partition coefficient (Wildman–Crippen LogP) is 5.19. The van der Waals surface area contributed by atoms with Crippen LogP contribution in [0.15, 0.2) is 83.5 Å². The first-order chi connectivity index (χ1) is 14.6. The summed E-state index contributed by atoms with van der Waals surface area (Å²) in [6.07, 6.45) is 0.790. The number of aliphatic hydroxyl groups excluding tert-OH is 1. The van der Waals surface area contributed by atoms with Gasteiger partial charge in [0.1, 0.15) is 11.9 Å². The Hall–Kier alpha value is -3.33. The molecule has 1 heterocycles. The second kappa shape index (κ2) is 8.58. The molecule has 1 N–H and O–H groups in total. The Morgan fingerprint density at radius 2 is 1.73 bits per heavy atom. The van der Waals surface area contributed by atoms with Crippen LogP contribution in [0.4, 0.5) is 0 Å². The minimum atomic E-state index is -0.931. The highest BCUT2D eigenvalue weighted by Gasteiger charge is 2.16. The fourth-order valence-electron chi connectivity index (χ4n) is 3.21. The van der Waals surface area contributed by atoms with Gasteiger partial charge in [-0.3, -0.25) is 9.36 Å². The lowest BCUT2D eigenvalue weighted by Crippen LogP contribution is -2.00. The van der Waals surface area contributed by atoms with Crippen molar-refractivity contribution in [3.05, 3.63) is 100 Å². The van der Waals surface area contributed by atoms with Gasteiger partial charge in [-0.05, 0) is 53.9 Å². The second-order valence-electron chi connectivity index (χ2n) is 6.70. The lowest BCUT2D eigenvalue weighted by Gasteiger charge is -2.03. The highest BCUT2D eigenvalue weighted by molar-refractivity contribution is 9.10. The molecule has 148 valence electrons. The number of carbonyl (C=O) groups excluding carboxylic acids is 1. The maximum Gasteiger partial charge on any atom is 0.195 e. The lowest BCUT2D eigenvalue weighted by molar-refractivity contribution is 0.104. The molecule has 4 nitrogen and oxygen atoms in total. The number of methoxy groups -OCH3 is 1. The molecule has 0 bridgehead atoms. The average molecular weight is 460 g/mol. The van der Waals surface area contributed by atoms with E-state index in [4.69, 9.17) is 4.74 Å². The van der Waals surface area contributed by atoms with Crippen LogP contribution < -0.4 is 4.74 Å². The van der Waals surface area contributed by atoms with Crippen LogP contribution in [0.5, 0.6) is 5.75 Å². The van der Waals surface area contributed by atoms with Crippen molar-refractivity contribution in [2.75, 3.05) is 7.11 Å². The molecular weight excluding hydrogens is 442 g/mol. The van der Waals surface area contributed by atoms with Crippen LogP contribution >= 0.6 is 15.9 Å². The maximum absolute atomic E-state index is 13.1. The van der Waals surface area contributed by atoms with Gasteiger partial charge in [-0.15, -0.1) is 0 Å². The molecule has 0 spiro atoms. The molecule has 0 aliphatic heterocycles. The molecule has 0 radical (unpaired) electrons. The van der Waals surface area contributed by atoms with Crippen molar-refractivity contribution in [1.82, 2.24) is 4.57 Å². The van der Waals surface area contributed by atoms with E-state index in [0.717, 1.165) is 15.4 Å². The molecule has 0 saturated carbocycles. The van der Waals surface area contributed by atoms with Crippen molar-refractivity contribution in [3.63, 3.8) is 0 Å². The first-order valence-electron chi connectivity index (χ1n) is 9.31. The molecule has 4 rings (SSSR count). The van der Waals surface area contributed by atoms with Gasteiger partial charge >= 0.3 is 0 Å². The van der Waals surface area contributed by atoms with E-state index in [0.29, 0.717) is 22.4 Å². The third-order valence-electron chi connectivity index (χ3n) is 4.82. The van der Waals surface area contributed by atoms with Crippen LogP contribution in [0.1, 0.15) is 27.6 Å². The molecule has 1 atom stereocenters. The van der Waals surface area contributed by atoms with E-state index in [-0.39, 0.29) is 5.78 Å². The number of halogens is 1. The number of nitrogens with zero attached hydrogens (tertiary/aromatic N) is 1. The van der Waals surface area contributed by atoms with E-state index < -0.39 is 6.10 Å². The van der Waals surface area contributed by atoms with Crippen LogP contribution in [0.3, 0.4) is 0 Å². The number of aliphatic hydroxyl groups is 1. The number of rotatable bonds is 4. The van der Waals surface area contributed by atoms with Crippen molar-refractivity contribution in [3.8, 4) is 17.7 Å².